The smallest absolute Gasteiger partial charge is 0.0794 e. The molecule has 1 aromatic rings. The lowest BCUT2D eigenvalue weighted by Gasteiger charge is -2.08. The van der Waals surface area contributed by atoms with Crippen molar-refractivity contribution in [1.82, 2.24) is 20.8 Å². The molecule has 3 N–H and O–H groups in total. The Morgan fingerprint density at radius 3 is 2.74 bits per heavy atom. The van der Waals surface area contributed by atoms with E-state index in [0.717, 1.165) is 32.1 Å². The van der Waals surface area contributed by atoms with Gasteiger partial charge in [-0.3, -0.25) is 5.10 Å². The summed E-state index contributed by atoms with van der Waals surface area (Å²) < 4.78 is 0. The van der Waals surface area contributed by atoms with Crippen LogP contribution < -0.4 is 10.6 Å². The second kappa shape index (κ2) is 7.65. The van der Waals surface area contributed by atoms with E-state index >= 15 is 0 Å². The second-order valence-corrected chi connectivity index (χ2v) is 5.96. The molecule has 4 nitrogen and oxygen atoms in total. The van der Waals surface area contributed by atoms with Crippen LogP contribution in [0.5, 0.6) is 0 Å². The van der Waals surface area contributed by atoms with Crippen molar-refractivity contribution in [2.45, 2.75) is 52.5 Å². The molecule has 1 aliphatic rings. The zero-order valence-corrected chi connectivity index (χ0v) is 12.4. The van der Waals surface area contributed by atoms with E-state index in [4.69, 9.17) is 0 Å². The lowest BCUT2D eigenvalue weighted by molar-refractivity contribution is 0.533. The number of rotatable bonds is 7. The molecule has 1 heterocycles. The van der Waals surface area contributed by atoms with Crippen molar-refractivity contribution in [2.75, 3.05) is 19.6 Å². The summed E-state index contributed by atoms with van der Waals surface area (Å²) in [6.45, 7) is 8.51. The van der Waals surface area contributed by atoms with Crippen LogP contribution in [0.1, 0.15) is 50.1 Å². The Morgan fingerprint density at radius 1 is 1.11 bits per heavy atom. The molecule has 0 aromatic carbocycles. The summed E-state index contributed by atoms with van der Waals surface area (Å²) in [5, 5.41) is 14.6. The molecule has 0 fully saturated rings. The molecule has 1 aromatic heterocycles. The maximum absolute atomic E-state index is 4.48. The van der Waals surface area contributed by atoms with E-state index in [2.05, 4.69) is 34.7 Å². The van der Waals surface area contributed by atoms with Crippen molar-refractivity contribution in [3.05, 3.63) is 17.0 Å². The molecular formula is C15H28N4. The Balaban J connectivity index is 1.70. The summed E-state index contributed by atoms with van der Waals surface area (Å²) in [7, 11) is 0. The third-order valence-electron chi connectivity index (χ3n) is 3.72. The van der Waals surface area contributed by atoms with Gasteiger partial charge >= 0.3 is 0 Å². The minimum atomic E-state index is 0.724. The zero-order valence-electron chi connectivity index (χ0n) is 12.4. The Labute approximate surface area is 116 Å². The highest BCUT2D eigenvalue weighted by atomic mass is 15.1. The molecule has 0 aliphatic heterocycles. The Bertz CT molecular complexity index is 370. The standard InChI is InChI=1S/C15H28N4/c1-12(2)10-16-8-9-17-11-15-13-6-4-3-5-7-14(13)18-19-15/h12,16-17H,3-11H2,1-2H3,(H,18,19). The first-order chi connectivity index (χ1) is 9.27. The van der Waals surface area contributed by atoms with E-state index in [9.17, 15) is 0 Å². The number of hydrogen-bond acceptors (Lipinski definition) is 3. The number of aryl methyl sites for hydroxylation is 1. The number of aromatic nitrogens is 2. The molecule has 0 atom stereocenters. The number of nitrogens with zero attached hydrogens (tertiary/aromatic N) is 1. The minimum absolute atomic E-state index is 0.724. The summed E-state index contributed by atoms with van der Waals surface area (Å²) in [6.07, 6.45) is 6.36. The quantitative estimate of drug-likeness (QED) is 0.521. The Kier molecular flexibility index (Phi) is 5.86. The van der Waals surface area contributed by atoms with Crippen molar-refractivity contribution in [1.29, 1.82) is 0 Å². The predicted molar refractivity (Wildman–Crippen MR) is 79.3 cm³/mol. The number of H-pyrrole nitrogens is 1. The van der Waals surface area contributed by atoms with Gasteiger partial charge in [-0.2, -0.15) is 5.10 Å². The SMILES string of the molecule is CC(C)CNCCNCc1n[nH]c2c1CCCCC2. The third kappa shape index (κ3) is 4.62. The van der Waals surface area contributed by atoms with E-state index in [0.29, 0.717) is 0 Å². The fraction of sp³-hybridized carbons (Fsp3) is 0.800. The average molecular weight is 264 g/mol. The summed E-state index contributed by atoms with van der Waals surface area (Å²) in [5.74, 6) is 0.724. The summed E-state index contributed by atoms with van der Waals surface area (Å²) in [6, 6.07) is 0. The predicted octanol–water partition coefficient (Wildman–Crippen LogP) is 2.01. The van der Waals surface area contributed by atoms with Crippen LogP contribution in [-0.4, -0.2) is 29.8 Å². The van der Waals surface area contributed by atoms with Gasteiger partial charge in [0.15, 0.2) is 0 Å². The largest absolute Gasteiger partial charge is 0.315 e. The minimum Gasteiger partial charge on any atom is -0.315 e. The average Bonchev–Trinajstić information content (AvgIpc) is 2.61. The maximum atomic E-state index is 4.48. The van der Waals surface area contributed by atoms with Gasteiger partial charge < -0.3 is 10.6 Å². The van der Waals surface area contributed by atoms with Gasteiger partial charge in [0.2, 0.25) is 0 Å². The van der Waals surface area contributed by atoms with E-state index in [1.807, 2.05) is 0 Å². The molecular weight excluding hydrogens is 236 g/mol. The zero-order chi connectivity index (χ0) is 13.5. The fourth-order valence-corrected chi connectivity index (χ4v) is 2.65. The topological polar surface area (TPSA) is 52.7 Å². The van der Waals surface area contributed by atoms with Crippen molar-refractivity contribution in [2.24, 2.45) is 5.92 Å². The summed E-state index contributed by atoms with van der Waals surface area (Å²) >= 11 is 0. The highest BCUT2D eigenvalue weighted by Crippen LogP contribution is 2.21. The lowest BCUT2D eigenvalue weighted by atomic mass is 10.1. The first-order valence-corrected chi connectivity index (χ1v) is 7.74. The first-order valence-electron chi connectivity index (χ1n) is 7.74. The molecule has 0 unspecified atom stereocenters. The first kappa shape index (κ1) is 14.5. The highest BCUT2D eigenvalue weighted by molar-refractivity contribution is 5.26. The van der Waals surface area contributed by atoms with Crippen LogP contribution >= 0.6 is 0 Å². The van der Waals surface area contributed by atoms with Gasteiger partial charge in [0, 0.05) is 25.3 Å². The van der Waals surface area contributed by atoms with Crippen LogP contribution in [-0.2, 0) is 19.4 Å². The van der Waals surface area contributed by atoms with Crippen LogP contribution in [0.4, 0.5) is 0 Å². The van der Waals surface area contributed by atoms with Gasteiger partial charge in [-0.1, -0.05) is 20.3 Å². The van der Waals surface area contributed by atoms with E-state index in [-0.39, 0.29) is 0 Å². The normalized spacial score (nSPS) is 15.5. The van der Waals surface area contributed by atoms with E-state index in [1.54, 1.807) is 0 Å². The molecule has 0 amide bonds. The van der Waals surface area contributed by atoms with Crippen LogP contribution in [0, 0.1) is 5.92 Å². The van der Waals surface area contributed by atoms with Crippen molar-refractivity contribution >= 4 is 0 Å². The van der Waals surface area contributed by atoms with Crippen molar-refractivity contribution in [3.8, 4) is 0 Å². The molecule has 0 saturated carbocycles. The second-order valence-electron chi connectivity index (χ2n) is 5.96. The number of fused-ring (bicyclic) bond motifs is 1. The van der Waals surface area contributed by atoms with Gasteiger partial charge in [-0.15, -0.1) is 0 Å². The lowest BCUT2D eigenvalue weighted by Crippen LogP contribution is -2.29. The van der Waals surface area contributed by atoms with Crippen LogP contribution in [0.3, 0.4) is 0 Å². The number of hydrogen-bond donors (Lipinski definition) is 3. The summed E-state index contributed by atoms with van der Waals surface area (Å²) in [5.41, 5.74) is 4.10. The summed E-state index contributed by atoms with van der Waals surface area (Å²) in [4.78, 5) is 0. The van der Waals surface area contributed by atoms with Crippen molar-refractivity contribution < 1.29 is 0 Å². The van der Waals surface area contributed by atoms with Crippen LogP contribution in [0.2, 0.25) is 0 Å². The van der Waals surface area contributed by atoms with Crippen LogP contribution in [0.15, 0.2) is 0 Å². The van der Waals surface area contributed by atoms with Gasteiger partial charge in [-0.25, -0.2) is 0 Å². The Morgan fingerprint density at radius 2 is 1.89 bits per heavy atom. The van der Waals surface area contributed by atoms with E-state index in [1.165, 1.54) is 49.1 Å². The molecule has 0 spiro atoms. The molecule has 19 heavy (non-hydrogen) atoms. The van der Waals surface area contributed by atoms with Gasteiger partial charge in [0.1, 0.15) is 0 Å². The van der Waals surface area contributed by atoms with Crippen molar-refractivity contribution in [3.63, 3.8) is 0 Å². The molecule has 0 saturated heterocycles. The molecule has 4 heteroatoms. The van der Waals surface area contributed by atoms with E-state index < -0.39 is 0 Å². The molecule has 0 radical (unpaired) electrons. The highest BCUT2D eigenvalue weighted by Gasteiger charge is 2.14. The fourth-order valence-electron chi connectivity index (χ4n) is 2.65. The molecule has 2 rings (SSSR count). The number of aromatic amines is 1. The maximum Gasteiger partial charge on any atom is 0.0794 e. The molecule has 108 valence electrons. The molecule has 0 bridgehead atoms. The van der Waals surface area contributed by atoms with Gasteiger partial charge in [0.25, 0.3) is 0 Å². The van der Waals surface area contributed by atoms with Gasteiger partial charge in [-0.05, 0) is 43.7 Å². The van der Waals surface area contributed by atoms with Gasteiger partial charge in [0.05, 0.1) is 5.69 Å². The third-order valence-corrected chi connectivity index (χ3v) is 3.72. The molecule has 1 aliphatic carbocycles. The number of nitrogens with one attached hydrogen (secondary N) is 3. The van der Waals surface area contributed by atoms with Crippen LogP contribution in [0.25, 0.3) is 0 Å². The monoisotopic (exact) mass is 264 g/mol. The Hall–Kier alpha value is -0.870.